The van der Waals surface area contributed by atoms with Crippen LogP contribution in [-0.2, 0) is 16.0 Å². The van der Waals surface area contributed by atoms with Crippen molar-refractivity contribution in [2.24, 2.45) is 0 Å². The molecule has 0 aliphatic heterocycles. The summed E-state index contributed by atoms with van der Waals surface area (Å²) in [7, 11) is 0. The highest BCUT2D eigenvalue weighted by atomic mass is 16.6. The van der Waals surface area contributed by atoms with Gasteiger partial charge < -0.3 is 5.11 Å². The lowest BCUT2D eigenvalue weighted by molar-refractivity contribution is -0.385. The number of nitro benzene ring substituents is 1. The number of hydrogen-bond donors (Lipinski definition) is 1. The van der Waals surface area contributed by atoms with Crippen molar-refractivity contribution < 1.29 is 19.6 Å². The molecule has 1 aromatic rings. The summed E-state index contributed by atoms with van der Waals surface area (Å²) in [5.41, 5.74) is 0.395. The third-order valence-electron chi connectivity index (χ3n) is 2.21. The molecule has 1 N–H and O–H groups in total. The predicted molar refractivity (Wildman–Crippen MR) is 58.7 cm³/mol. The average Bonchev–Trinajstić information content (AvgIpc) is 2.25. The Morgan fingerprint density at radius 1 is 1.29 bits per heavy atom. The van der Waals surface area contributed by atoms with Gasteiger partial charge in [0.2, 0.25) is 0 Å². The van der Waals surface area contributed by atoms with Crippen molar-refractivity contribution in [3.05, 3.63) is 39.9 Å². The average molecular weight is 237 g/mol. The maximum Gasteiger partial charge on any atom is 0.310 e. The maximum absolute atomic E-state index is 11.2. The van der Waals surface area contributed by atoms with Gasteiger partial charge in [0.15, 0.2) is 0 Å². The molecule has 0 radical (unpaired) electrons. The van der Waals surface area contributed by atoms with Crippen LogP contribution in [0.2, 0.25) is 0 Å². The van der Waals surface area contributed by atoms with E-state index in [4.69, 9.17) is 5.11 Å². The number of nitro groups is 1. The van der Waals surface area contributed by atoms with Crippen molar-refractivity contribution in [3.63, 3.8) is 0 Å². The molecular formula is C11H11NO5. The van der Waals surface area contributed by atoms with Crippen LogP contribution in [0.25, 0.3) is 0 Å². The van der Waals surface area contributed by atoms with E-state index in [0.717, 1.165) is 0 Å². The van der Waals surface area contributed by atoms with Crippen LogP contribution >= 0.6 is 0 Å². The van der Waals surface area contributed by atoms with E-state index in [1.54, 1.807) is 18.2 Å². The summed E-state index contributed by atoms with van der Waals surface area (Å²) in [5, 5.41) is 19.1. The van der Waals surface area contributed by atoms with Crippen LogP contribution in [0.5, 0.6) is 0 Å². The van der Waals surface area contributed by atoms with E-state index in [-0.39, 0.29) is 18.5 Å². The Hall–Kier alpha value is -2.24. The summed E-state index contributed by atoms with van der Waals surface area (Å²) >= 11 is 0. The Bertz CT molecular complexity index is 455. The monoisotopic (exact) mass is 237 g/mol. The third kappa shape index (κ3) is 4.02. The zero-order chi connectivity index (χ0) is 12.8. The minimum atomic E-state index is -1.18. The van der Waals surface area contributed by atoms with Gasteiger partial charge in [-0.05, 0) is 6.42 Å². The lowest BCUT2D eigenvalue weighted by Crippen LogP contribution is -2.08. The number of aryl methyl sites for hydroxylation is 1. The molecule has 0 amide bonds. The fourth-order valence-electron chi connectivity index (χ4n) is 1.43. The lowest BCUT2D eigenvalue weighted by Gasteiger charge is -2.01. The van der Waals surface area contributed by atoms with Crippen molar-refractivity contribution in [2.45, 2.75) is 19.3 Å². The van der Waals surface area contributed by atoms with Gasteiger partial charge in [0.05, 0.1) is 4.92 Å². The Labute approximate surface area is 97.0 Å². The molecule has 90 valence electrons. The number of aliphatic carboxylic acids is 1. The van der Waals surface area contributed by atoms with Crippen LogP contribution in [0, 0.1) is 10.1 Å². The molecule has 0 aliphatic rings. The number of nitrogens with zero attached hydrogens (tertiary/aromatic N) is 1. The van der Waals surface area contributed by atoms with Gasteiger partial charge in [0.1, 0.15) is 12.2 Å². The minimum Gasteiger partial charge on any atom is -0.481 e. The highest BCUT2D eigenvalue weighted by Crippen LogP contribution is 2.19. The SMILES string of the molecule is O=C(O)CC(=O)CCc1ccccc1[N+](=O)[O-]. The first-order valence-corrected chi connectivity index (χ1v) is 4.96. The van der Waals surface area contributed by atoms with E-state index >= 15 is 0 Å². The number of carbonyl (C=O) groups is 2. The number of carboxylic acids is 1. The van der Waals surface area contributed by atoms with E-state index in [2.05, 4.69) is 0 Å². The zero-order valence-electron chi connectivity index (χ0n) is 8.96. The number of Topliss-reactive ketones (excluding diaryl/α,β-unsaturated/α-hetero) is 1. The van der Waals surface area contributed by atoms with Crippen LogP contribution < -0.4 is 0 Å². The fraction of sp³-hybridized carbons (Fsp3) is 0.273. The smallest absolute Gasteiger partial charge is 0.310 e. The standard InChI is InChI=1S/C11H11NO5/c13-9(7-11(14)15)6-5-8-3-1-2-4-10(8)12(16)17/h1-4H,5-7H2,(H,14,15). The number of benzene rings is 1. The van der Waals surface area contributed by atoms with Crippen LogP contribution in [0.15, 0.2) is 24.3 Å². The number of ketones is 1. The van der Waals surface area contributed by atoms with Crippen molar-refractivity contribution in [3.8, 4) is 0 Å². The fourth-order valence-corrected chi connectivity index (χ4v) is 1.43. The van der Waals surface area contributed by atoms with Crippen molar-refractivity contribution >= 4 is 17.4 Å². The molecule has 0 aromatic heterocycles. The second-order valence-corrected chi connectivity index (χ2v) is 3.50. The molecule has 17 heavy (non-hydrogen) atoms. The van der Waals surface area contributed by atoms with Crippen molar-refractivity contribution in [1.29, 1.82) is 0 Å². The Balaban J connectivity index is 2.66. The predicted octanol–water partition coefficient (Wildman–Crippen LogP) is 1.57. The molecule has 6 heteroatoms. The third-order valence-corrected chi connectivity index (χ3v) is 2.21. The molecule has 0 saturated heterocycles. The van der Waals surface area contributed by atoms with Crippen LogP contribution in [0.1, 0.15) is 18.4 Å². The van der Waals surface area contributed by atoms with Gasteiger partial charge in [-0.25, -0.2) is 0 Å². The van der Waals surface area contributed by atoms with Crippen LogP contribution in [0.3, 0.4) is 0 Å². The Morgan fingerprint density at radius 3 is 2.53 bits per heavy atom. The van der Waals surface area contributed by atoms with Gasteiger partial charge >= 0.3 is 5.97 Å². The molecule has 1 aromatic carbocycles. The van der Waals surface area contributed by atoms with Gasteiger partial charge in [-0.3, -0.25) is 19.7 Å². The molecule has 6 nitrogen and oxygen atoms in total. The first-order valence-electron chi connectivity index (χ1n) is 4.96. The number of rotatable bonds is 6. The molecule has 0 unspecified atom stereocenters. The number of carbonyl (C=O) groups excluding carboxylic acids is 1. The maximum atomic E-state index is 11.2. The topological polar surface area (TPSA) is 97.5 Å². The van der Waals surface area contributed by atoms with Crippen molar-refractivity contribution in [1.82, 2.24) is 0 Å². The van der Waals surface area contributed by atoms with Crippen LogP contribution in [-0.4, -0.2) is 21.8 Å². The first-order chi connectivity index (χ1) is 8.00. The Kier molecular flexibility index (Phi) is 4.33. The molecule has 1 rings (SSSR count). The van der Waals surface area contributed by atoms with Gasteiger partial charge in [0.25, 0.3) is 5.69 Å². The van der Waals surface area contributed by atoms with Gasteiger partial charge in [-0.2, -0.15) is 0 Å². The van der Waals surface area contributed by atoms with Gasteiger partial charge in [-0.1, -0.05) is 18.2 Å². The lowest BCUT2D eigenvalue weighted by atomic mass is 10.0. The molecule has 0 heterocycles. The summed E-state index contributed by atoms with van der Waals surface area (Å²) in [6, 6.07) is 6.11. The second kappa shape index (κ2) is 5.74. The van der Waals surface area contributed by atoms with E-state index in [1.807, 2.05) is 0 Å². The molecule has 0 saturated carbocycles. The van der Waals surface area contributed by atoms with Crippen LogP contribution in [0.4, 0.5) is 5.69 Å². The molecule has 0 spiro atoms. The zero-order valence-corrected chi connectivity index (χ0v) is 8.96. The van der Waals surface area contributed by atoms with Gasteiger partial charge in [0, 0.05) is 18.1 Å². The molecule has 0 atom stereocenters. The number of hydrogen-bond acceptors (Lipinski definition) is 4. The summed E-state index contributed by atoms with van der Waals surface area (Å²) in [6.07, 6.45) is -0.360. The highest BCUT2D eigenvalue weighted by molar-refractivity contribution is 5.94. The number of para-hydroxylation sites is 1. The van der Waals surface area contributed by atoms with E-state index in [0.29, 0.717) is 5.56 Å². The summed E-state index contributed by atoms with van der Waals surface area (Å²) in [6.45, 7) is 0. The van der Waals surface area contributed by atoms with Gasteiger partial charge in [-0.15, -0.1) is 0 Å². The summed E-state index contributed by atoms with van der Waals surface area (Å²) in [4.78, 5) is 31.6. The summed E-state index contributed by atoms with van der Waals surface area (Å²) in [5.74, 6) is -1.62. The second-order valence-electron chi connectivity index (χ2n) is 3.50. The normalized spacial score (nSPS) is 9.88. The van der Waals surface area contributed by atoms with E-state index < -0.39 is 23.1 Å². The largest absolute Gasteiger partial charge is 0.481 e. The summed E-state index contributed by atoms with van der Waals surface area (Å²) < 4.78 is 0. The van der Waals surface area contributed by atoms with E-state index in [9.17, 15) is 19.7 Å². The Morgan fingerprint density at radius 2 is 1.94 bits per heavy atom. The molecule has 0 bridgehead atoms. The first kappa shape index (κ1) is 12.8. The molecule has 0 fully saturated rings. The number of carboxylic acid groups (broad SMARTS) is 1. The minimum absolute atomic E-state index is 0.00282. The van der Waals surface area contributed by atoms with Crippen molar-refractivity contribution in [2.75, 3.05) is 0 Å². The molecular weight excluding hydrogens is 226 g/mol. The van der Waals surface area contributed by atoms with E-state index in [1.165, 1.54) is 6.07 Å². The molecule has 0 aliphatic carbocycles. The highest BCUT2D eigenvalue weighted by Gasteiger charge is 2.14. The quantitative estimate of drug-likeness (QED) is 0.460.